The highest BCUT2D eigenvalue weighted by molar-refractivity contribution is 6.05. The topological polar surface area (TPSA) is 90.9 Å². The molecule has 14 heteroatoms. The van der Waals surface area contributed by atoms with E-state index in [4.69, 9.17) is 0 Å². The molecule has 0 atom stereocenters. The number of halogens is 7. The fourth-order valence-electron chi connectivity index (χ4n) is 2.46. The van der Waals surface area contributed by atoms with E-state index in [0.717, 1.165) is 24.3 Å². The van der Waals surface area contributed by atoms with Gasteiger partial charge in [-0.25, -0.2) is 22.0 Å². The van der Waals surface area contributed by atoms with Gasteiger partial charge in [0.2, 0.25) is 11.6 Å². The molecule has 2 aromatic carbocycles. The van der Waals surface area contributed by atoms with Crippen molar-refractivity contribution in [1.29, 1.82) is 0 Å². The summed E-state index contributed by atoms with van der Waals surface area (Å²) in [5.74, 6) is -14.3. The summed E-state index contributed by atoms with van der Waals surface area (Å²) in [5.41, 5.74) is -3.11. The minimum Gasteiger partial charge on any atom is -0.287 e. The summed E-state index contributed by atoms with van der Waals surface area (Å²) in [6.07, 6.45) is 2.25. The largest absolute Gasteiger partial charge is 0.377 e. The van der Waals surface area contributed by atoms with Crippen LogP contribution in [0.15, 0.2) is 36.5 Å². The van der Waals surface area contributed by atoms with Gasteiger partial charge < -0.3 is 0 Å². The predicted octanol–water partition coefficient (Wildman–Crippen LogP) is 4.38. The predicted molar refractivity (Wildman–Crippen MR) is 92.0 cm³/mol. The van der Waals surface area contributed by atoms with Crippen molar-refractivity contribution in [2.24, 2.45) is 0 Å². The summed E-state index contributed by atoms with van der Waals surface area (Å²) in [5, 5.41) is 16.6. The number of aromatic nitrogens is 3. The van der Waals surface area contributed by atoms with E-state index in [1.165, 1.54) is 12.1 Å². The molecule has 3 aromatic rings. The lowest BCUT2D eigenvalue weighted by molar-refractivity contribution is -0.384. The Balaban J connectivity index is 1.89. The number of rotatable bonds is 6. The van der Waals surface area contributed by atoms with Gasteiger partial charge in [-0.3, -0.25) is 14.9 Å². The molecule has 32 heavy (non-hydrogen) atoms. The van der Waals surface area contributed by atoms with Gasteiger partial charge in [0.15, 0.2) is 29.0 Å². The smallest absolute Gasteiger partial charge is 0.287 e. The summed E-state index contributed by atoms with van der Waals surface area (Å²) in [6, 6.07) is -0.0284. The second kappa shape index (κ2) is 8.20. The van der Waals surface area contributed by atoms with Gasteiger partial charge in [0, 0.05) is 12.1 Å². The first-order chi connectivity index (χ1) is 14.9. The van der Waals surface area contributed by atoms with Crippen LogP contribution >= 0.6 is 0 Å². The first kappa shape index (κ1) is 22.6. The SMILES string of the molecule is O=C(/C=C/c1ccc([N+](=O)[O-])cc1)c1cn(C(F)(F)c2c(F)c(F)c(F)c(F)c2F)nn1. The molecule has 1 aromatic heterocycles. The molecule has 0 bridgehead atoms. The molecule has 166 valence electrons. The Bertz CT molecular complexity index is 1230. The number of carbonyl (C=O) groups is 1. The maximum Gasteiger partial charge on any atom is 0.377 e. The van der Waals surface area contributed by atoms with E-state index < -0.39 is 61.8 Å². The second-order valence-corrected chi connectivity index (χ2v) is 6.08. The van der Waals surface area contributed by atoms with Crippen LogP contribution in [0.1, 0.15) is 21.6 Å². The van der Waals surface area contributed by atoms with Crippen LogP contribution in [-0.4, -0.2) is 25.7 Å². The molecule has 1 heterocycles. The molecular weight excluding hydrogens is 453 g/mol. The van der Waals surface area contributed by atoms with Crippen molar-refractivity contribution in [2.75, 3.05) is 0 Å². The molecule has 0 saturated carbocycles. The Hall–Kier alpha value is -4.10. The van der Waals surface area contributed by atoms with Crippen molar-refractivity contribution in [3.63, 3.8) is 0 Å². The monoisotopic (exact) mass is 460 g/mol. The normalized spacial score (nSPS) is 11.8. The first-order valence-corrected chi connectivity index (χ1v) is 8.24. The quantitative estimate of drug-likeness (QED) is 0.104. The molecule has 0 aliphatic carbocycles. The number of hydrogen-bond acceptors (Lipinski definition) is 5. The van der Waals surface area contributed by atoms with Crippen molar-refractivity contribution in [3.8, 4) is 0 Å². The van der Waals surface area contributed by atoms with Gasteiger partial charge >= 0.3 is 6.05 Å². The average molecular weight is 460 g/mol. The number of nitrogens with zero attached hydrogens (tertiary/aromatic N) is 4. The Labute approximate surface area is 172 Å². The maximum absolute atomic E-state index is 14.5. The van der Waals surface area contributed by atoms with Crippen LogP contribution in [0, 0.1) is 39.2 Å². The molecule has 0 saturated heterocycles. The van der Waals surface area contributed by atoms with Gasteiger partial charge in [-0.2, -0.15) is 13.5 Å². The van der Waals surface area contributed by atoms with Crippen LogP contribution in [0.2, 0.25) is 0 Å². The highest BCUT2D eigenvalue weighted by Gasteiger charge is 2.45. The molecule has 0 amide bonds. The third-order valence-electron chi connectivity index (χ3n) is 4.08. The van der Waals surface area contributed by atoms with Gasteiger partial charge in [-0.15, -0.1) is 5.10 Å². The fourth-order valence-corrected chi connectivity index (χ4v) is 2.46. The van der Waals surface area contributed by atoms with Crippen LogP contribution in [0.4, 0.5) is 36.4 Å². The molecule has 7 nitrogen and oxygen atoms in total. The molecule has 0 unspecified atom stereocenters. The summed E-state index contributed by atoms with van der Waals surface area (Å²) >= 11 is 0. The summed E-state index contributed by atoms with van der Waals surface area (Å²) in [6.45, 7) is 0. The van der Waals surface area contributed by atoms with E-state index in [1.807, 2.05) is 0 Å². The number of ketones is 1. The molecular formula is C18H7F7N4O3. The number of benzene rings is 2. The van der Waals surface area contributed by atoms with Crippen molar-refractivity contribution in [3.05, 3.63) is 92.6 Å². The number of alkyl halides is 2. The number of carbonyl (C=O) groups excluding carboxylic acids is 1. The lowest BCUT2D eigenvalue weighted by Crippen LogP contribution is -2.29. The molecule has 0 spiro atoms. The zero-order valence-electron chi connectivity index (χ0n) is 15.2. The first-order valence-electron chi connectivity index (χ1n) is 8.24. The van der Waals surface area contributed by atoms with E-state index in [-0.39, 0.29) is 11.9 Å². The van der Waals surface area contributed by atoms with E-state index in [9.17, 15) is 45.6 Å². The highest BCUT2D eigenvalue weighted by Crippen LogP contribution is 2.36. The van der Waals surface area contributed by atoms with Crippen molar-refractivity contribution in [1.82, 2.24) is 15.0 Å². The number of hydrogen-bond donors (Lipinski definition) is 0. The van der Waals surface area contributed by atoms with Crippen LogP contribution in [0.3, 0.4) is 0 Å². The van der Waals surface area contributed by atoms with Gasteiger partial charge in [0.05, 0.1) is 11.1 Å². The molecule has 0 aliphatic heterocycles. The average Bonchev–Trinajstić information content (AvgIpc) is 3.26. The minimum atomic E-state index is -4.89. The highest BCUT2D eigenvalue weighted by atomic mass is 19.3. The van der Waals surface area contributed by atoms with Crippen LogP contribution in [0.5, 0.6) is 0 Å². The Morgan fingerprint density at radius 2 is 1.50 bits per heavy atom. The van der Waals surface area contributed by atoms with E-state index in [1.54, 1.807) is 0 Å². The van der Waals surface area contributed by atoms with Crippen molar-refractivity contribution in [2.45, 2.75) is 6.05 Å². The molecule has 0 N–H and O–H groups in total. The molecule has 0 radical (unpaired) electrons. The van der Waals surface area contributed by atoms with Gasteiger partial charge in [0.1, 0.15) is 5.56 Å². The Morgan fingerprint density at radius 3 is 2.03 bits per heavy atom. The number of nitro groups is 1. The van der Waals surface area contributed by atoms with E-state index in [0.29, 0.717) is 5.56 Å². The van der Waals surface area contributed by atoms with Crippen molar-refractivity contribution >= 4 is 17.5 Å². The standard InChI is InChI=1S/C18H7F7N4O3/c19-13-12(14(20)16(22)17(23)15(13)21)18(24,25)28-7-10(26-27-28)11(30)6-3-8-1-4-9(5-2-8)29(31)32/h1-7H/b6-3+. The lowest BCUT2D eigenvalue weighted by atomic mass is 10.1. The van der Waals surface area contributed by atoms with Gasteiger partial charge in [-0.05, 0) is 23.8 Å². The molecule has 0 aliphatic rings. The van der Waals surface area contributed by atoms with E-state index >= 15 is 0 Å². The maximum atomic E-state index is 14.5. The zero-order valence-corrected chi connectivity index (χ0v) is 15.2. The number of allylic oxidation sites excluding steroid dienone is 1. The van der Waals surface area contributed by atoms with Crippen LogP contribution in [-0.2, 0) is 6.05 Å². The summed E-state index contributed by atoms with van der Waals surface area (Å²) in [4.78, 5) is 22.0. The van der Waals surface area contributed by atoms with Crippen LogP contribution < -0.4 is 0 Å². The van der Waals surface area contributed by atoms with Crippen molar-refractivity contribution < 1.29 is 40.5 Å². The second-order valence-electron chi connectivity index (χ2n) is 6.08. The summed E-state index contributed by atoms with van der Waals surface area (Å²) in [7, 11) is 0. The Morgan fingerprint density at radius 1 is 0.969 bits per heavy atom. The fraction of sp³-hybridized carbons (Fsp3) is 0.0556. The lowest BCUT2D eigenvalue weighted by Gasteiger charge is -2.18. The minimum absolute atomic E-state index is 0.216. The number of non-ortho nitro benzene ring substituents is 1. The Kier molecular flexibility index (Phi) is 5.79. The molecule has 3 rings (SSSR count). The third-order valence-corrected chi connectivity index (χ3v) is 4.08. The van der Waals surface area contributed by atoms with Gasteiger partial charge in [-0.1, -0.05) is 11.3 Å². The number of nitro benzene ring substituents is 1. The third kappa shape index (κ3) is 3.93. The van der Waals surface area contributed by atoms with E-state index in [2.05, 4.69) is 10.3 Å². The molecule has 0 fully saturated rings. The van der Waals surface area contributed by atoms with Gasteiger partial charge in [0.25, 0.3) is 5.69 Å². The van der Waals surface area contributed by atoms with Crippen LogP contribution in [0.25, 0.3) is 6.08 Å². The zero-order chi connectivity index (χ0) is 23.8. The summed E-state index contributed by atoms with van der Waals surface area (Å²) < 4.78 is 95.6.